The van der Waals surface area contributed by atoms with Crippen LogP contribution < -0.4 is 24.4 Å². The Bertz CT molecular complexity index is 1550. The molecule has 1 atom stereocenters. The number of methoxy groups -OCH3 is 2. The fourth-order valence-electron chi connectivity index (χ4n) is 3.90. The van der Waals surface area contributed by atoms with Crippen LogP contribution in [0, 0.1) is 12.3 Å². The average molecular weight is 553 g/mol. The third-order valence-corrected chi connectivity index (χ3v) is 6.84. The van der Waals surface area contributed by atoms with Crippen LogP contribution >= 0.6 is 27.3 Å². The third kappa shape index (κ3) is 4.67. The van der Waals surface area contributed by atoms with E-state index in [2.05, 4.69) is 26.8 Å². The van der Waals surface area contributed by atoms with Gasteiger partial charge in [0.2, 0.25) is 0 Å². The van der Waals surface area contributed by atoms with Crippen LogP contribution in [0.3, 0.4) is 0 Å². The highest BCUT2D eigenvalue weighted by atomic mass is 79.9. The van der Waals surface area contributed by atoms with E-state index in [0.29, 0.717) is 37.7 Å². The van der Waals surface area contributed by atoms with Crippen LogP contribution in [0.5, 0.6) is 11.5 Å². The molecule has 1 aromatic heterocycles. The van der Waals surface area contributed by atoms with E-state index in [0.717, 1.165) is 10.0 Å². The lowest BCUT2D eigenvalue weighted by Gasteiger charge is -2.24. The van der Waals surface area contributed by atoms with Gasteiger partial charge in [-0.3, -0.25) is 9.36 Å². The molecule has 0 N–H and O–H groups in total. The van der Waals surface area contributed by atoms with Crippen LogP contribution in [0.4, 0.5) is 0 Å². The molecule has 178 valence electrons. The van der Waals surface area contributed by atoms with Gasteiger partial charge in [-0.15, -0.1) is 6.42 Å². The molecule has 0 spiro atoms. The number of hydrogen-bond acceptors (Lipinski definition) is 7. The summed E-state index contributed by atoms with van der Waals surface area (Å²) in [5, 5.41) is 0. The van der Waals surface area contributed by atoms with Crippen molar-refractivity contribution in [2.24, 2.45) is 4.99 Å². The summed E-state index contributed by atoms with van der Waals surface area (Å²) in [6, 6.07) is 12.2. The Balaban J connectivity index is 1.98. The Morgan fingerprint density at radius 2 is 2.03 bits per heavy atom. The van der Waals surface area contributed by atoms with Gasteiger partial charge >= 0.3 is 5.97 Å². The minimum absolute atomic E-state index is 0.0375. The van der Waals surface area contributed by atoms with Crippen molar-refractivity contribution in [1.29, 1.82) is 0 Å². The SMILES string of the molecule is C#CCOc1c(C=c2sc3n(c2=O)C(c2ccccc2)C(C(=O)OC)=C(C)N=3)cc(Br)cc1OC. The van der Waals surface area contributed by atoms with Crippen LogP contribution in [0.1, 0.15) is 24.1 Å². The number of terminal acetylenes is 1. The number of esters is 1. The average Bonchev–Trinajstić information content (AvgIpc) is 3.16. The van der Waals surface area contributed by atoms with Crippen molar-refractivity contribution in [3.8, 4) is 23.8 Å². The number of fused-ring (bicyclic) bond motifs is 1. The molecule has 2 heterocycles. The first-order chi connectivity index (χ1) is 16.9. The monoisotopic (exact) mass is 552 g/mol. The van der Waals surface area contributed by atoms with E-state index in [1.165, 1.54) is 30.1 Å². The first kappa shape index (κ1) is 24.5. The molecule has 0 fully saturated rings. The molecule has 0 saturated carbocycles. The van der Waals surface area contributed by atoms with Crippen LogP contribution in [0.15, 0.2) is 68.0 Å². The number of nitrogens with zero attached hydrogens (tertiary/aromatic N) is 2. The summed E-state index contributed by atoms with van der Waals surface area (Å²) in [6.45, 7) is 1.78. The smallest absolute Gasteiger partial charge is 0.338 e. The molecular weight excluding hydrogens is 532 g/mol. The summed E-state index contributed by atoms with van der Waals surface area (Å²) in [7, 11) is 2.84. The topological polar surface area (TPSA) is 79.1 Å². The van der Waals surface area contributed by atoms with Gasteiger partial charge in [-0.2, -0.15) is 0 Å². The maximum Gasteiger partial charge on any atom is 0.338 e. The number of aromatic nitrogens is 1. The third-order valence-electron chi connectivity index (χ3n) is 5.40. The Morgan fingerprint density at radius 1 is 1.29 bits per heavy atom. The standard InChI is InChI=1S/C26H21BrN2O5S/c1-5-11-34-23-17(12-18(27)14-19(23)32-3)13-20-24(30)29-22(16-9-7-6-8-10-16)21(25(31)33-4)15(2)28-26(29)35-20/h1,6-10,12-14,22H,11H2,2-4H3. The predicted octanol–water partition coefficient (Wildman–Crippen LogP) is 3.19. The lowest BCUT2D eigenvalue weighted by molar-refractivity contribution is -0.136. The quantitative estimate of drug-likeness (QED) is 0.346. The maximum absolute atomic E-state index is 13.7. The number of hydrogen-bond donors (Lipinski definition) is 0. The molecule has 0 bridgehead atoms. The van der Waals surface area contributed by atoms with Gasteiger partial charge in [-0.05, 0) is 30.7 Å². The molecule has 4 rings (SSSR count). The fourth-order valence-corrected chi connectivity index (χ4v) is 5.39. The van der Waals surface area contributed by atoms with E-state index < -0.39 is 12.0 Å². The molecule has 0 aliphatic carbocycles. The summed E-state index contributed by atoms with van der Waals surface area (Å²) in [6.07, 6.45) is 7.09. The molecular formula is C26H21BrN2O5S. The lowest BCUT2D eigenvalue weighted by atomic mass is 9.96. The van der Waals surface area contributed by atoms with Crippen LogP contribution in [0.2, 0.25) is 0 Å². The van der Waals surface area contributed by atoms with Crippen molar-refractivity contribution in [1.82, 2.24) is 4.57 Å². The van der Waals surface area contributed by atoms with E-state index >= 15 is 0 Å². The Morgan fingerprint density at radius 3 is 2.69 bits per heavy atom. The number of rotatable bonds is 6. The minimum atomic E-state index is -0.670. The molecule has 0 amide bonds. The fraction of sp³-hybridized carbons (Fsp3) is 0.192. The lowest BCUT2D eigenvalue weighted by Crippen LogP contribution is -2.39. The highest BCUT2D eigenvalue weighted by Crippen LogP contribution is 2.35. The van der Waals surface area contributed by atoms with Crippen LogP contribution in [0.25, 0.3) is 6.08 Å². The van der Waals surface area contributed by atoms with Gasteiger partial charge in [-0.1, -0.05) is 63.5 Å². The minimum Gasteiger partial charge on any atom is -0.493 e. The number of carbonyl (C=O) groups excluding carboxylic acids is 1. The van der Waals surface area contributed by atoms with Gasteiger partial charge in [0.1, 0.15) is 6.61 Å². The second kappa shape index (κ2) is 10.3. The molecule has 3 aromatic rings. The number of halogens is 1. The molecule has 0 saturated heterocycles. The molecule has 7 nitrogen and oxygen atoms in total. The summed E-state index contributed by atoms with van der Waals surface area (Å²) < 4.78 is 18.9. The van der Waals surface area contributed by atoms with E-state index in [1.54, 1.807) is 19.1 Å². The van der Waals surface area contributed by atoms with Gasteiger partial charge in [0.15, 0.2) is 16.3 Å². The van der Waals surface area contributed by atoms with E-state index in [4.69, 9.17) is 20.6 Å². The van der Waals surface area contributed by atoms with Crippen molar-refractivity contribution in [3.05, 3.63) is 89.0 Å². The Labute approximate surface area is 214 Å². The van der Waals surface area contributed by atoms with Crippen molar-refractivity contribution in [2.45, 2.75) is 13.0 Å². The van der Waals surface area contributed by atoms with Gasteiger partial charge in [0.05, 0.1) is 36.1 Å². The zero-order valence-corrected chi connectivity index (χ0v) is 21.6. The van der Waals surface area contributed by atoms with Crippen molar-refractivity contribution >= 4 is 39.3 Å². The molecule has 9 heteroatoms. The molecule has 2 aromatic carbocycles. The van der Waals surface area contributed by atoms with Gasteiger partial charge in [0.25, 0.3) is 5.56 Å². The molecule has 1 aliphatic heterocycles. The number of carbonyl (C=O) groups is 1. The summed E-state index contributed by atoms with van der Waals surface area (Å²) >= 11 is 4.69. The highest BCUT2D eigenvalue weighted by Gasteiger charge is 2.33. The van der Waals surface area contributed by atoms with Gasteiger partial charge in [0, 0.05) is 10.0 Å². The zero-order valence-electron chi connectivity index (χ0n) is 19.2. The van der Waals surface area contributed by atoms with Crippen LogP contribution in [-0.4, -0.2) is 31.4 Å². The summed E-state index contributed by atoms with van der Waals surface area (Å²) in [5.41, 5.74) is 1.91. The number of benzene rings is 2. The van der Waals surface area contributed by atoms with E-state index in [-0.39, 0.29) is 12.2 Å². The molecule has 1 unspecified atom stereocenters. The Kier molecular flexibility index (Phi) is 7.24. The molecule has 1 aliphatic rings. The predicted molar refractivity (Wildman–Crippen MR) is 137 cm³/mol. The molecule has 35 heavy (non-hydrogen) atoms. The second-order valence-electron chi connectivity index (χ2n) is 7.50. The largest absolute Gasteiger partial charge is 0.493 e. The first-order valence-corrected chi connectivity index (χ1v) is 12.1. The summed E-state index contributed by atoms with van der Waals surface area (Å²) in [5.74, 6) is 2.81. The zero-order chi connectivity index (χ0) is 25.1. The van der Waals surface area contributed by atoms with Crippen molar-refractivity contribution in [3.63, 3.8) is 0 Å². The second-order valence-corrected chi connectivity index (χ2v) is 9.43. The normalized spacial score (nSPS) is 15.2. The number of allylic oxidation sites excluding steroid dienone is 1. The summed E-state index contributed by atoms with van der Waals surface area (Å²) in [4.78, 5) is 31.5. The van der Waals surface area contributed by atoms with E-state index in [9.17, 15) is 9.59 Å². The maximum atomic E-state index is 13.7. The van der Waals surface area contributed by atoms with Crippen molar-refractivity contribution in [2.75, 3.05) is 20.8 Å². The van der Waals surface area contributed by atoms with Gasteiger partial charge in [-0.25, -0.2) is 9.79 Å². The van der Waals surface area contributed by atoms with Crippen molar-refractivity contribution < 1.29 is 19.0 Å². The number of ether oxygens (including phenoxy) is 3. The van der Waals surface area contributed by atoms with Crippen LogP contribution in [-0.2, 0) is 9.53 Å². The highest BCUT2D eigenvalue weighted by molar-refractivity contribution is 9.10. The molecule has 0 radical (unpaired) electrons. The Hall–Kier alpha value is -3.61. The van der Waals surface area contributed by atoms with E-state index in [1.807, 2.05) is 36.4 Å². The van der Waals surface area contributed by atoms with Gasteiger partial charge < -0.3 is 14.2 Å². The first-order valence-electron chi connectivity index (χ1n) is 10.5. The number of thiazole rings is 1.